The van der Waals surface area contributed by atoms with Gasteiger partial charge in [-0.3, -0.25) is 9.59 Å². The molecule has 36 heavy (non-hydrogen) atoms. The highest BCUT2D eigenvalue weighted by molar-refractivity contribution is 6.34. The molecule has 3 aromatic heterocycles. The smallest absolute Gasteiger partial charge is 0.252 e. The minimum atomic E-state index is -0.232. The largest absolute Gasteiger partial charge is 0.355 e. The molecule has 0 atom stereocenters. The number of hydrogen-bond acceptors (Lipinski definition) is 6. The van der Waals surface area contributed by atoms with Gasteiger partial charge in [-0.25, -0.2) is 14.2 Å². The molecule has 2 N–H and O–H groups in total. The molecule has 0 saturated heterocycles. The van der Waals surface area contributed by atoms with Crippen LogP contribution >= 0.6 is 11.6 Å². The summed E-state index contributed by atoms with van der Waals surface area (Å²) >= 11 is 6.35. The third kappa shape index (κ3) is 4.16. The van der Waals surface area contributed by atoms with E-state index in [4.69, 9.17) is 11.6 Å². The zero-order valence-electron chi connectivity index (χ0n) is 19.3. The molecule has 1 aliphatic rings. The second-order valence-corrected chi connectivity index (χ2v) is 9.15. The maximum Gasteiger partial charge on any atom is 0.252 e. The van der Waals surface area contributed by atoms with Gasteiger partial charge in [0.15, 0.2) is 11.5 Å². The number of halogens is 1. The Morgan fingerprint density at radius 2 is 1.89 bits per heavy atom. The second kappa shape index (κ2) is 8.72. The molecule has 0 aliphatic heterocycles. The third-order valence-corrected chi connectivity index (χ3v) is 6.49. The molecule has 2 aromatic carbocycles. The number of carbonyl (C=O) groups is 2. The van der Waals surface area contributed by atoms with Crippen LogP contribution in [0.25, 0.3) is 27.8 Å². The van der Waals surface area contributed by atoms with Crippen LogP contribution in [0.3, 0.4) is 0 Å². The number of benzene rings is 2. The molecule has 5 aromatic rings. The molecule has 1 saturated carbocycles. The number of anilines is 1. The molecule has 1 aliphatic carbocycles. The Balaban J connectivity index is 1.27. The number of fused-ring (bicyclic) bond motifs is 2. The summed E-state index contributed by atoms with van der Waals surface area (Å²) in [6.07, 6.45) is 3.58. The van der Waals surface area contributed by atoms with Crippen molar-refractivity contribution in [1.82, 2.24) is 34.9 Å². The normalized spacial score (nSPS) is 13.3. The molecule has 0 radical (unpaired) electrons. The number of nitrogens with one attached hydrogen (secondary N) is 2. The number of imidazole rings is 1. The van der Waals surface area contributed by atoms with E-state index in [-0.39, 0.29) is 17.7 Å². The third-order valence-electron chi connectivity index (χ3n) is 6.17. The Labute approximate surface area is 210 Å². The van der Waals surface area contributed by atoms with Gasteiger partial charge in [-0.05, 0) is 60.4 Å². The van der Waals surface area contributed by atoms with Gasteiger partial charge in [-0.2, -0.15) is 5.10 Å². The molecule has 0 unspecified atom stereocenters. The van der Waals surface area contributed by atoms with Crippen LogP contribution in [0.5, 0.6) is 0 Å². The van der Waals surface area contributed by atoms with Crippen molar-refractivity contribution >= 4 is 45.9 Å². The van der Waals surface area contributed by atoms with Crippen LogP contribution in [-0.2, 0) is 11.3 Å². The van der Waals surface area contributed by atoms with Crippen molar-refractivity contribution in [3.8, 4) is 11.1 Å². The molecule has 2 amide bonds. The molecule has 1 fully saturated rings. The number of amides is 2. The van der Waals surface area contributed by atoms with E-state index in [2.05, 4.69) is 31.0 Å². The lowest BCUT2D eigenvalue weighted by atomic mass is 10.0. The van der Waals surface area contributed by atoms with Gasteiger partial charge >= 0.3 is 0 Å². The van der Waals surface area contributed by atoms with E-state index < -0.39 is 0 Å². The lowest BCUT2D eigenvalue weighted by Gasteiger charge is -2.08. The van der Waals surface area contributed by atoms with Crippen molar-refractivity contribution in [2.45, 2.75) is 19.4 Å². The van der Waals surface area contributed by atoms with Gasteiger partial charge in [0.05, 0.1) is 34.5 Å². The zero-order chi connectivity index (χ0) is 24.8. The van der Waals surface area contributed by atoms with Crippen LogP contribution in [0, 0.1) is 5.92 Å². The summed E-state index contributed by atoms with van der Waals surface area (Å²) in [5, 5.41) is 19.0. The summed E-state index contributed by atoms with van der Waals surface area (Å²) in [6, 6.07) is 14.9. The predicted octanol–water partition coefficient (Wildman–Crippen LogP) is 3.55. The second-order valence-electron chi connectivity index (χ2n) is 8.74. The van der Waals surface area contributed by atoms with E-state index in [1.807, 2.05) is 36.4 Å². The molecular formula is C25H21ClN8O2. The van der Waals surface area contributed by atoms with Crippen molar-refractivity contribution in [1.29, 1.82) is 0 Å². The van der Waals surface area contributed by atoms with E-state index in [0.717, 1.165) is 40.7 Å². The van der Waals surface area contributed by atoms with E-state index in [0.29, 0.717) is 28.6 Å². The van der Waals surface area contributed by atoms with Crippen molar-refractivity contribution in [3.05, 3.63) is 71.0 Å². The van der Waals surface area contributed by atoms with Crippen molar-refractivity contribution in [2.24, 2.45) is 5.92 Å². The first kappa shape index (κ1) is 22.2. The maximum atomic E-state index is 12.0. The number of aromatic nitrogens is 6. The van der Waals surface area contributed by atoms with Gasteiger partial charge in [-0.15, -0.1) is 5.10 Å². The number of hydrogen-bond donors (Lipinski definition) is 2. The van der Waals surface area contributed by atoms with Gasteiger partial charge < -0.3 is 10.6 Å². The van der Waals surface area contributed by atoms with Crippen LogP contribution in [0.15, 0.2) is 54.7 Å². The quantitative estimate of drug-likeness (QED) is 0.368. The monoisotopic (exact) mass is 500 g/mol. The van der Waals surface area contributed by atoms with E-state index in [9.17, 15) is 9.59 Å². The highest BCUT2D eigenvalue weighted by atomic mass is 35.5. The summed E-state index contributed by atoms with van der Waals surface area (Å²) in [7, 11) is 1.57. The lowest BCUT2D eigenvalue weighted by Crippen LogP contribution is -2.18. The summed E-state index contributed by atoms with van der Waals surface area (Å²) in [5.74, 6) is 0.374. The summed E-state index contributed by atoms with van der Waals surface area (Å²) in [5.41, 5.74) is 5.21. The topological polar surface area (TPSA) is 119 Å². The molecule has 6 rings (SSSR count). The number of rotatable bonds is 6. The average Bonchev–Trinajstić information content (AvgIpc) is 3.56. The van der Waals surface area contributed by atoms with Gasteiger partial charge in [0.25, 0.3) is 5.91 Å². The average molecular weight is 501 g/mol. The molecule has 11 heteroatoms. The zero-order valence-corrected chi connectivity index (χ0v) is 20.0. The fourth-order valence-corrected chi connectivity index (χ4v) is 4.33. The lowest BCUT2D eigenvalue weighted by molar-refractivity contribution is -0.117. The Morgan fingerprint density at radius 3 is 2.67 bits per heavy atom. The van der Waals surface area contributed by atoms with Crippen LogP contribution in [0.1, 0.15) is 28.9 Å². The van der Waals surface area contributed by atoms with Crippen LogP contribution < -0.4 is 10.6 Å². The first-order valence-electron chi connectivity index (χ1n) is 11.5. The van der Waals surface area contributed by atoms with Crippen molar-refractivity contribution < 1.29 is 9.59 Å². The van der Waals surface area contributed by atoms with Gasteiger partial charge in [0, 0.05) is 13.0 Å². The highest BCUT2D eigenvalue weighted by Crippen LogP contribution is 2.30. The van der Waals surface area contributed by atoms with Crippen molar-refractivity contribution in [3.63, 3.8) is 0 Å². The van der Waals surface area contributed by atoms with Crippen molar-refractivity contribution in [2.75, 3.05) is 12.4 Å². The number of nitrogens with zero attached hydrogens (tertiary/aromatic N) is 6. The fraction of sp³-hybridized carbons (Fsp3) is 0.200. The number of carbonyl (C=O) groups excluding carboxylic acids is 2. The molecular weight excluding hydrogens is 480 g/mol. The maximum absolute atomic E-state index is 12.0. The minimum Gasteiger partial charge on any atom is -0.355 e. The van der Waals surface area contributed by atoms with Gasteiger partial charge in [-0.1, -0.05) is 28.9 Å². The SMILES string of the molecule is CNC(=O)c1ccc(-c2ccc3nnn(Cc4ccc5nc(NC(=O)C6CC6)cn5n4)c3c2)cc1Cl. The first-order chi connectivity index (χ1) is 17.5. The molecule has 180 valence electrons. The summed E-state index contributed by atoms with van der Waals surface area (Å²) < 4.78 is 3.43. The van der Waals surface area contributed by atoms with Crippen LogP contribution in [-0.4, -0.2) is 48.5 Å². The standard InChI is InChI=1S/C25H21ClN8O2/c1-27-25(36)18-7-4-15(10-19(18)26)16-5-8-20-21(11-16)33(32-30-20)12-17-6-9-23-28-22(13-34(23)31-17)29-24(35)14-2-3-14/h4-11,13-14H,2-3,12H2,1H3,(H,27,36)(H,29,35). The molecule has 0 bridgehead atoms. The fourth-order valence-electron chi connectivity index (χ4n) is 4.07. The Morgan fingerprint density at radius 1 is 1.08 bits per heavy atom. The summed E-state index contributed by atoms with van der Waals surface area (Å²) in [6.45, 7) is 0.397. The summed E-state index contributed by atoms with van der Waals surface area (Å²) in [4.78, 5) is 28.4. The van der Waals surface area contributed by atoms with E-state index in [1.54, 1.807) is 34.6 Å². The Kier molecular flexibility index (Phi) is 5.37. The predicted molar refractivity (Wildman–Crippen MR) is 135 cm³/mol. The van der Waals surface area contributed by atoms with Crippen LogP contribution in [0.2, 0.25) is 5.02 Å². The highest BCUT2D eigenvalue weighted by Gasteiger charge is 2.30. The Bertz CT molecular complexity index is 1650. The molecule has 0 spiro atoms. The van der Waals surface area contributed by atoms with E-state index >= 15 is 0 Å². The first-order valence-corrected chi connectivity index (χ1v) is 11.9. The Hall–Kier alpha value is -4.31. The van der Waals surface area contributed by atoms with Gasteiger partial charge in [0.1, 0.15) is 5.52 Å². The molecule has 3 heterocycles. The molecule has 10 nitrogen and oxygen atoms in total. The van der Waals surface area contributed by atoms with Crippen LogP contribution in [0.4, 0.5) is 5.82 Å². The van der Waals surface area contributed by atoms with E-state index in [1.165, 1.54) is 0 Å². The minimum absolute atomic E-state index is 0.00748. The van der Waals surface area contributed by atoms with Gasteiger partial charge in [0.2, 0.25) is 5.91 Å².